The molecule has 7 nitrogen and oxygen atoms in total. The van der Waals surface area contributed by atoms with Crippen LogP contribution in [-0.2, 0) is 11.2 Å². The Balaban J connectivity index is 1.80. The van der Waals surface area contributed by atoms with E-state index in [1.165, 1.54) is 10.9 Å². The summed E-state index contributed by atoms with van der Waals surface area (Å²) in [6.07, 6.45) is 3.02. The fourth-order valence-corrected chi connectivity index (χ4v) is 3.03. The summed E-state index contributed by atoms with van der Waals surface area (Å²) < 4.78 is 1.47. The smallest absolute Gasteiger partial charge is 0.306 e. The molecule has 0 radical (unpaired) electrons. The maximum atomic E-state index is 12.5. The minimum atomic E-state index is -0.469. The van der Waals surface area contributed by atoms with E-state index in [1.54, 1.807) is 0 Å². The molecular weight excluding hydrogens is 308 g/mol. The molecule has 0 aliphatic carbocycles. The summed E-state index contributed by atoms with van der Waals surface area (Å²) in [6, 6.07) is 9.18. The zero-order chi connectivity index (χ0) is 17.1. The highest BCUT2D eigenvalue weighted by atomic mass is 16.6. The van der Waals surface area contributed by atoms with Crippen molar-refractivity contribution in [1.29, 1.82) is 0 Å². The van der Waals surface area contributed by atoms with Gasteiger partial charge in [-0.1, -0.05) is 18.2 Å². The predicted molar refractivity (Wildman–Crippen MR) is 89.2 cm³/mol. The lowest BCUT2D eigenvalue weighted by Crippen LogP contribution is -2.34. The van der Waals surface area contributed by atoms with Crippen molar-refractivity contribution in [2.45, 2.75) is 19.3 Å². The minimum Gasteiger partial charge on any atom is -0.306 e. The van der Waals surface area contributed by atoms with E-state index in [1.807, 2.05) is 37.4 Å². The van der Waals surface area contributed by atoms with E-state index in [9.17, 15) is 14.9 Å². The van der Waals surface area contributed by atoms with E-state index >= 15 is 0 Å². The van der Waals surface area contributed by atoms with Crippen molar-refractivity contribution in [3.05, 3.63) is 52.3 Å². The molecule has 126 valence electrons. The van der Waals surface area contributed by atoms with E-state index < -0.39 is 4.92 Å². The molecule has 1 aromatic carbocycles. The van der Waals surface area contributed by atoms with Crippen molar-refractivity contribution < 1.29 is 9.72 Å². The molecular formula is C17H20N4O3. The number of benzene rings is 1. The van der Waals surface area contributed by atoms with E-state index in [4.69, 9.17) is 0 Å². The zero-order valence-corrected chi connectivity index (χ0v) is 13.6. The summed E-state index contributed by atoms with van der Waals surface area (Å²) >= 11 is 0. The molecule has 0 spiro atoms. The first-order valence-electron chi connectivity index (χ1n) is 8.04. The second kappa shape index (κ2) is 6.92. The average Bonchev–Trinajstić information content (AvgIpc) is 3.00. The standard InChI is InChI=1S/C17H20N4O3/c1-19-9-7-13(8-10-19)17(22)11-15-16(21(23)24)12-20(18-15)14-5-3-2-4-6-14/h2-6,12-13H,7-11H2,1H3. The van der Waals surface area contributed by atoms with Gasteiger partial charge < -0.3 is 4.90 Å². The van der Waals surface area contributed by atoms with Crippen molar-refractivity contribution in [3.8, 4) is 5.69 Å². The van der Waals surface area contributed by atoms with Crippen LogP contribution < -0.4 is 0 Å². The van der Waals surface area contributed by atoms with Crippen molar-refractivity contribution in [2.24, 2.45) is 5.92 Å². The number of rotatable bonds is 5. The van der Waals surface area contributed by atoms with Crippen LogP contribution in [0.4, 0.5) is 5.69 Å². The number of hydrogen-bond acceptors (Lipinski definition) is 5. The highest BCUT2D eigenvalue weighted by Crippen LogP contribution is 2.24. The van der Waals surface area contributed by atoms with Crippen LogP contribution in [-0.4, -0.2) is 45.5 Å². The fourth-order valence-electron chi connectivity index (χ4n) is 3.03. The van der Waals surface area contributed by atoms with Crippen molar-refractivity contribution in [2.75, 3.05) is 20.1 Å². The Morgan fingerprint density at radius 2 is 1.96 bits per heavy atom. The Bertz CT molecular complexity index is 734. The van der Waals surface area contributed by atoms with Gasteiger partial charge >= 0.3 is 5.69 Å². The summed E-state index contributed by atoms with van der Waals surface area (Å²) in [4.78, 5) is 25.5. The molecule has 0 amide bonds. The summed E-state index contributed by atoms with van der Waals surface area (Å²) in [5.41, 5.74) is 0.881. The minimum absolute atomic E-state index is 0.0184. The maximum Gasteiger partial charge on any atom is 0.311 e. The molecule has 0 bridgehead atoms. The number of ketones is 1. The normalized spacial score (nSPS) is 16.2. The molecule has 0 N–H and O–H groups in total. The largest absolute Gasteiger partial charge is 0.311 e. The Morgan fingerprint density at radius 3 is 2.58 bits per heavy atom. The van der Waals surface area contributed by atoms with Crippen LogP contribution in [0.1, 0.15) is 18.5 Å². The summed E-state index contributed by atoms with van der Waals surface area (Å²) in [5, 5.41) is 15.6. The van der Waals surface area contributed by atoms with Crippen LogP contribution >= 0.6 is 0 Å². The SMILES string of the molecule is CN1CCC(C(=O)Cc2nn(-c3ccccc3)cc2[N+](=O)[O-])CC1. The molecule has 0 saturated carbocycles. The van der Waals surface area contributed by atoms with Crippen molar-refractivity contribution in [1.82, 2.24) is 14.7 Å². The monoisotopic (exact) mass is 328 g/mol. The molecule has 1 saturated heterocycles. The molecule has 0 unspecified atom stereocenters. The van der Waals surface area contributed by atoms with E-state index in [-0.39, 0.29) is 29.5 Å². The predicted octanol–water partition coefficient (Wildman–Crippen LogP) is 2.23. The van der Waals surface area contributed by atoms with E-state index in [0.717, 1.165) is 31.6 Å². The number of aromatic nitrogens is 2. The van der Waals surface area contributed by atoms with E-state index in [2.05, 4.69) is 10.00 Å². The van der Waals surface area contributed by atoms with E-state index in [0.29, 0.717) is 0 Å². The quantitative estimate of drug-likeness (QED) is 0.621. The lowest BCUT2D eigenvalue weighted by atomic mass is 9.90. The number of piperidine rings is 1. The Morgan fingerprint density at radius 1 is 1.29 bits per heavy atom. The Kier molecular flexibility index (Phi) is 4.71. The van der Waals surface area contributed by atoms with Gasteiger partial charge in [-0.3, -0.25) is 14.9 Å². The first-order valence-corrected chi connectivity index (χ1v) is 8.04. The zero-order valence-electron chi connectivity index (χ0n) is 13.6. The van der Waals surface area contributed by atoms with Gasteiger partial charge in [0.25, 0.3) is 0 Å². The maximum absolute atomic E-state index is 12.5. The van der Waals surface area contributed by atoms with Gasteiger partial charge in [0.15, 0.2) is 0 Å². The first kappa shape index (κ1) is 16.3. The van der Waals surface area contributed by atoms with Crippen molar-refractivity contribution in [3.63, 3.8) is 0 Å². The third kappa shape index (κ3) is 3.51. The topological polar surface area (TPSA) is 81.3 Å². The number of Topliss-reactive ketones (excluding diaryl/α,β-unsaturated/α-hetero) is 1. The third-order valence-electron chi connectivity index (χ3n) is 4.50. The van der Waals surface area contributed by atoms with Crippen LogP contribution in [0, 0.1) is 16.0 Å². The molecule has 2 heterocycles. The lowest BCUT2D eigenvalue weighted by Gasteiger charge is -2.27. The van der Waals surface area contributed by atoms with Gasteiger partial charge in [-0.15, -0.1) is 0 Å². The number of carbonyl (C=O) groups is 1. The molecule has 24 heavy (non-hydrogen) atoms. The first-order chi connectivity index (χ1) is 11.5. The number of nitrogens with zero attached hydrogens (tertiary/aromatic N) is 4. The lowest BCUT2D eigenvalue weighted by molar-refractivity contribution is -0.385. The Hall–Kier alpha value is -2.54. The summed E-state index contributed by atoms with van der Waals surface area (Å²) in [6.45, 7) is 1.77. The second-order valence-corrected chi connectivity index (χ2v) is 6.22. The average molecular weight is 328 g/mol. The van der Waals surface area contributed by atoms with Crippen LogP contribution in [0.2, 0.25) is 0 Å². The number of hydrogen-bond donors (Lipinski definition) is 0. The van der Waals surface area contributed by atoms with Gasteiger partial charge in [0.05, 0.1) is 17.0 Å². The number of carbonyl (C=O) groups excluding carboxylic acids is 1. The molecule has 1 aromatic heterocycles. The van der Waals surface area contributed by atoms with Crippen LogP contribution in [0.3, 0.4) is 0 Å². The van der Waals surface area contributed by atoms with Gasteiger partial charge in [-0.25, -0.2) is 4.68 Å². The molecule has 7 heteroatoms. The number of likely N-dealkylation sites (tertiary alicyclic amines) is 1. The Labute approximate surface area is 140 Å². The highest BCUT2D eigenvalue weighted by Gasteiger charge is 2.28. The molecule has 2 aromatic rings. The van der Waals surface area contributed by atoms with Gasteiger partial charge in [-0.05, 0) is 45.1 Å². The highest BCUT2D eigenvalue weighted by molar-refractivity contribution is 5.83. The molecule has 0 atom stereocenters. The van der Waals surface area contributed by atoms with Crippen LogP contribution in [0.25, 0.3) is 5.69 Å². The second-order valence-electron chi connectivity index (χ2n) is 6.22. The molecule has 1 fully saturated rings. The van der Waals surface area contributed by atoms with Gasteiger partial charge in [0, 0.05) is 5.92 Å². The number of para-hydroxylation sites is 1. The van der Waals surface area contributed by atoms with Gasteiger partial charge in [-0.2, -0.15) is 5.10 Å². The molecule has 1 aliphatic rings. The number of nitro groups is 1. The van der Waals surface area contributed by atoms with Crippen molar-refractivity contribution >= 4 is 11.5 Å². The van der Waals surface area contributed by atoms with Gasteiger partial charge in [0.2, 0.25) is 0 Å². The van der Waals surface area contributed by atoms with Crippen LogP contribution in [0.5, 0.6) is 0 Å². The molecule has 1 aliphatic heterocycles. The van der Waals surface area contributed by atoms with Gasteiger partial charge in [0.1, 0.15) is 17.7 Å². The van der Waals surface area contributed by atoms with Crippen LogP contribution in [0.15, 0.2) is 36.5 Å². The molecule has 3 rings (SSSR count). The summed E-state index contributed by atoms with van der Waals surface area (Å²) in [7, 11) is 2.03. The fraction of sp³-hybridized carbons (Fsp3) is 0.412. The summed E-state index contributed by atoms with van der Waals surface area (Å²) in [5.74, 6) is 0.0205. The third-order valence-corrected chi connectivity index (χ3v) is 4.50.